The minimum absolute atomic E-state index is 0.201. The van der Waals surface area contributed by atoms with E-state index in [2.05, 4.69) is 27.7 Å². The van der Waals surface area contributed by atoms with Crippen molar-refractivity contribution in [1.29, 1.82) is 0 Å². The van der Waals surface area contributed by atoms with Gasteiger partial charge in [-0.3, -0.25) is 14.9 Å². The molecule has 4 rings (SSSR count). The second kappa shape index (κ2) is 10.0. The van der Waals surface area contributed by atoms with Gasteiger partial charge in [0.15, 0.2) is 0 Å². The van der Waals surface area contributed by atoms with Gasteiger partial charge in [-0.1, -0.05) is 53.7 Å². The van der Waals surface area contributed by atoms with Crippen molar-refractivity contribution in [2.75, 3.05) is 24.5 Å². The van der Waals surface area contributed by atoms with Crippen LogP contribution < -0.4 is 15.5 Å². The molecule has 2 fully saturated rings. The number of rotatable bonds is 7. The van der Waals surface area contributed by atoms with Crippen molar-refractivity contribution in [2.45, 2.75) is 36.7 Å². The van der Waals surface area contributed by atoms with Gasteiger partial charge in [-0.05, 0) is 43.0 Å². The SMILES string of the molecule is O=C1NC(=O)C(Cc2ccc(N3CCC(NC[C@H](O)c4ccccc4Cl)CC3)cc2)S1. The fourth-order valence-corrected chi connectivity index (χ4v) is 5.18. The number of aliphatic hydroxyl groups is 1. The molecule has 0 aromatic heterocycles. The lowest BCUT2D eigenvalue weighted by Crippen LogP contribution is -2.43. The van der Waals surface area contributed by atoms with Gasteiger partial charge >= 0.3 is 0 Å². The smallest absolute Gasteiger partial charge is 0.286 e. The number of amides is 2. The molecule has 31 heavy (non-hydrogen) atoms. The number of hydrogen-bond donors (Lipinski definition) is 3. The first-order valence-corrected chi connectivity index (χ1v) is 11.8. The van der Waals surface area contributed by atoms with Gasteiger partial charge in [-0.2, -0.15) is 0 Å². The van der Waals surface area contributed by atoms with Gasteiger partial charge in [0.2, 0.25) is 5.91 Å². The van der Waals surface area contributed by atoms with Gasteiger partial charge in [-0.15, -0.1) is 0 Å². The lowest BCUT2D eigenvalue weighted by Gasteiger charge is -2.34. The molecule has 2 aliphatic rings. The van der Waals surface area contributed by atoms with Crippen LogP contribution in [0.2, 0.25) is 5.02 Å². The number of halogens is 1. The van der Waals surface area contributed by atoms with E-state index in [0.29, 0.717) is 24.0 Å². The Morgan fingerprint density at radius 1 is 1.13 bits per heavy atom. The number of carbonyl (C=O) groups is 2. The number of imide groups is 1. The molecular formula is C23H26ClN3O3S. The number of carbonyl (C=O) groups excluding carboxylic acids is 2. The van der Waals surface area contributed by atoms with E-state index in [-0.39, 0.29) is 16.4 Å². The molecule has 2 aromatic carbocycles. The molecule has 0 bridgehead atoms. The first-order valence-electron chi connectivity index (χ1n) is 10.5. The van der Waals surface area contributed by atoms with Gasteiger partial charge in [0.05, 0.1) is 11.4 Å². The molecule has 2 heterocycles. The Morgan fingerprint density at radius 2 is 1.84 bits per heavy atom. The van der Waals surface area contributed by atoms with Gasteiger partial charge in [0.25, 0.3) is 5.24 Å². The highest BCUT2D eigenvalue weighted by molar-refractivity contribution is 8.15. The van der Waals surface area contributed by atoms with Crippen molar-refractivity contribution in [1.82, 2.24) is 10.6 Å². The van der Waals surface area contributed by atoms with Crippen LogP contribution in [0.1, 0.15) is 30.1 Å². The van der Waals surface area contributed by atoms with E-state index in [9.17, 15) is 14.7 Å². The predicted octanol–water partition coefficient (Wildman–Crippen LogP) is 3.53. The number of nitrogens with one attached hydrogen (secondary N) is 2. The highest BCUT2D eigenvalue weighted by Crippen LogP contribution is 2.26. The zero-order chi connectivity index (χ0) is 21.8. The number of anilines is 1. The molecule has 2 aliphatic heterocycles. The van der Waals surface area contributed by atoms with Crippen molar-refractivity contribution < 1.29 is 14.7 Å². The van der Waals surface area contributed by atoms with E-state index >= 15 is 0 Å². The lowest BCUT2D eigenvalue weighted by molar-refractivity contribution is -0.118. The van der Waals surface area contributed by atoms with Gasteiger partial charge in [0.1, 0.15) is 0 Å². The normalized spacial score (nSPS) is 20.7. The maximum Gasteiger partial charge on any atom is 0.286 e. The number of benzene rings is 2. The predicted molar refractivity (Wildman–Crippen MR) is 125 cm³/mol. The standard InChI is InChI=1S/C23H26ClN3O3S/c24-19-4-2-1-3-18(19)20(28)14-25-16-9-11-27(12-10-16)17-7-5-15(6-8-17)13-21-22(29)26-23(30)31-21/h1-8,16,20-21,25,28H,9-14H2,(H,26,29,30)/t20-,21?/m0/s1. The third-order valence-corrected chi connectivity index (χ3v) is 7.17. The molecule has 2 atom stereocenters. The van der Waals surface area contributed by atoms with Crippen LogP contribution in [-0.2, 0) is 11.2 Å². The topological polar surface area (TPSA) is 81.7 Å². The Hall–Kier alpha value is -2.06. The summed E-state index contributed by atoms with van der Waals surface area (Å²) < 4.78 is 0. The average molecular weight is 460 g/mol. The van der Waals surface area contributed by atoms with Gasteiger partial charge in [-0.25, -0.2) is 0 Å². The van der Waals surface area contributed by atoms with Crippen molar-refractivity contribution in [2.24, 2.45) is 0 Å². The van der Waals surface area contributed by atoms with Crippen LogP contribution in [0.5, 0.6) is 0 Å². The Balaban J connectivity index is 1.24. The molecule has 0 aliphatic carbocycles. The van der Waals surface area contributed by atoms with E-state index in [0.717, 1.165) is 54.5 Å². The molecule has 164 valence electrons. The summed E-state index contributed by atoms with van der Waals surface area (Å²) in [6, 6.07) is 16.0. The Bertz CT molecular complexity index is 932. The van der Waals surface area contributed by atoms with E-state index in [4.69, 9.17) is 11.6 Å². The minimum atomic E-state index is -0.616. The van der Waals surface area contributed by atoms with Crippen molar-refractivity contribution >= 4 is 40.2 Å². The molecule has 6 nitrogen and oxygen atoms in total. The fourth-order valence-electron chi connectivity index (χ4n) is 4.06. The minimum Gasteiger partial charge on any atom is -0.387 e. The number of aliphatic hydroxyl groups excluding tert-OH is 1. The number of piperidine rings is 1. The molecule has 2 aromatic rings. The number of nitrogens with zero attached hydrogens (tertiary/aromatic N) is 1. The van der Waals surface area contributed by atoms with E-state index in [1.165, 1.54) is 0 Å². The molecule has 0 radical (unpaired) electrons. The maximum atomic E-state index is 11.7. The Kier molecular flexibility index (Phi) is 7.17. The average Bonchev–Trinajstić information content (AvgIpc) is 3.10. The van der Waals surface area contributed by atoms with Crippen LogP contribution in [0.25, 0.3) is 0 Å². The Labute approximate surface area is 191 Å². The largest absolute Gasteiger partial charge is 0.387 e. The summed E-state index contributed by atoms with van der Waals surface area (Å²) in [6.07, 6.45) is 1.94. The van der Waals surface area contributed by atoms with Gasteiger partial charge in [0, 0.05) is 41.9 Å². The molecule has 3 N–H and O–H groups in total. The van der Waals surface area contributed by atoms with Crippen LogP contribution in [0.4, 0.5) is 10.5 Å². The third-order valence-electron chi connectivity index (χ3n) is 5.85. The number of thioether (sulfide) groups is 1. The molecular weight excluding hydrogens is 434 g/mol. The lowest BCUT2D eigenvalue weighted by atomic mass is 10.0. The summed E-state index contributed by atoms with van der Waals surface area (Å²) >= 11 is 7.23. The molecule has 0 saturated carbocycles. The van der Waals surface area contributed by atoms with Crippen LogP contribution in [-0.4, -0.2) is 47.2 Å². The molecule has 0 spiro atoms. The molecule has 8 heteroatoms. The monoisotopic (exact) mass is 459 g/mol. The van der Waals surface area contributed by atoms with E-state index in [1.807, 2.05) is 30.3 Å². The summed E-state index contributed by atoms with van der Waals surface area (Å²) in [5.74, 6) is -0.201. The van der Waals surface area contributed by atoms with Crippen LogP contribution in [0.15, 0.2) is 48.5 Å². The molecule has 2 amide bonds. The number of hydrogen-bond acceptors (Lipinski definition) is 6. The van der Waals surface area contributed by atoms with Crippen molar-refractivity contribution in [3.05, 3.63) is 64.7 Å². The van der Waals surface area contributed by atoms with Crippen LogP contribution in [0, 0.1) is 0 Å². The van der Waals surface area contributed by atoms with Crippen molar-refractivity contribution in [3.63, 3.8) is 0 Å². The first kappa shape index (κ1) is 22.1. The highest BCUT2D eigenvalue weighted by atomic mass is 35.5. The highest BCUT2D eigenvalue weighted by Gasteiger charge is 2.31. The zero-order valence-electron chi connectivity index (χ0n) is 17.1. The van der Waals surface area contributed by atoms with Crippen LogP contribution in [0.3, 0.4) is 0 Å². The fraction of sp³-hybridized carbons (Fsp3) is 0.391. The quantitative estimate of drug-likeness (QED) is 0.587. The summed E-state index contributed by atoms with van der Waals surface area (Å²) in [5.41, 5.74) is 2.97. The zero-order valence-corrected chi connectivity index (χ0v) is 18.7. The van der Waals surface area contributed by atoms with E-state index in [1.54, 1.807) is 6.07 Å². The first-order chi connectivity index (χ1) is 15.0. The summed E-state index contributed by atoms with van der Waals surface area (Å²) in [7, 11) is 0. The second-order valence-electron chi connectivity index (χ2n) is 7.96. The molecule has 2 saturated heterocycles. The van der Waals surface area contributed by atoms with E-state index < -0.39 is 6.10 Å². The Morgan fingerprint density at radius 3 is 2.48 bits per heavy atom. The third kappa shape index (κ3) is 5.60. The summed E-state index contributed by atoms with van der Waals surface area (Å²) in [5, 5.41) is 16.2. The molecule has 1 unspecified atom stereocenters. The van der Waals surface area contributed by atoms with Gasteiger partial charge < -0.3 is 15.3 Å². The summed E-state index contributed by atoms with van der Waals surface area (Å²) in [4.78, 5) is 25.4. The summed E-state index contributed by atoms with van der Waals surface area (Å²) in [6.45, 7) is 2.36. The second-order valence-corrected chi connectivity index (χ2v) is 9.54. The maximum absolute atomic E-state index is 11.7. The van der Waals surface area contributed by atoms with Crippen molar-refractivity contribution in [3.8, 4) is 0 Å². The van der Waals surface area contributed by atoms with Crippen LogP contribution >= 0.6 is 23.4 Å².